The van der Waals surface area contributed by atoms with E-state index in [9.17, 15) is 9.59 Å². The molecule has 2 atom stereocenters. The molecule has 30 heavy (non-hydrogen) atoms. The molecule has 0 bridgehead atoms. The molecule has 0 unspecified atom stereocenters. The summed E-state index contributed by atoms with van der Waals surface area (Å²) in [6.07, 6.45) is 6.99. The maximum Gasteiger partial charge on any atom is 0.259 e. The van der Waals surface area contributed by atoms with Crippen molar-refractivity contribution in [2.45, 2.75) is 19.8 Å². The summed E-state index contributed by atoms with van der Waals surface area (Å²) in [5, 5.41) is 4.27. The predicted octanol–water partition coefficient (Wildman–Crippen LogP) is 2.28. The summed E-state index contributed by atoms with van der Waals surface area (Å²) in [6, 6.07) is 12.2. The van der Waals surface area contributed by atoms with Crippen molar-refractivity contribution in [1.82, 2.24) is 24.4 Å². The van der Waals surface area contributed by atoms with Crippen molar-refractivity contribution in [2.24, 2.45) is 11.3 Å². The third-order valence-electron chi connectivity index (χ3n) is 6.76. The van der Waals surface area contributed by atoms with Gasteiger partial charge in [0.05, 0.1) is 6.20 Å². The van der Waals surface area contributed by atoms with Crippen LogP contribution >= 0.6 is 0 Å². The fraction of sp³-hybridized carbons (Fsp3) is 0.391. The molecule has 2 aliphatic heterocycles. The number of hydrogen-bond donors (Lipinski definition) is 0. The van der Waals surface area contributed by atoms with Crippen molar-refractivity contribution in [3.8, 4) is 0 Å². The van der Waals surface area contributed by atoms with Crippen molar-refractivity contribution in [3.05, 3.63) is 66.1 Å². The summed E-state index contributed by atoms with van der Waals surface area (Å²) in [5.41, 5.74) is 2.36. The first-order chi connectivity index (χ1) is 14.6. The van der Waals surface area contributed by atoms with Gasteiger partial charge in [-0.15, -0.1) is 0 Å². The van der Waals surface area contributed by atoms with Crippen molar-refractivity contribution in [1.29, 1.82) is 0 Å². The van der Waals surface area contributed by atoms with Crippen molar-refractivity contribution >= 4 is 17.5 Å². The number of rotatable bonds is 4. The van der Waals surface area contributed by atoms with Crippen molar-refractivity contribution in [2.75, 3.05) is 26.2 Å². The third kappa shape index (κ3) is 3.14. The summed E-state index contributed by atoms with van der Waals surface area (Å²) in [5.74, 6) is 0.392. The molecule has 4 heterocycles. The van der Waals surface area contributed by atoms with Crippen LogP contribution in [0.15, 0.2) is 55.0 Å². The van der Waals surface area contributed by atoms with Gasteiger partial charge in [0.25, 0.3) is 5.91 Å². The maximum atomic E-state index is 13.3. The Morgan fingerprint density at radius 3 is 2.67 bits per heavy atom. The van der Waals surface area contributed by atoms with Gasteiger partial charge >= 0.3 is 0 Å². The van der Waals surface area contributed by atoms with Crippen molar-refractivity contribution < 1.29 is 9.59 Å². The standard InChI is InChI=1S/C23H25N5O2/c1-17(29)26-13-19-14-27(22(30)20-12-25-28-11-5-10-24-21(20)28)16-23(19,15-26)9-8-18-6-3-2-4-7-18/h2-7,10-12,19H,8-9,13-16H2,1H3/t19-,23+/m1/s1. The van der Waals surface area contributed by atoms with Gasteiger partial charge in [-0.25, -0.2) is 9.50 Å². The van der Waals surface area contributed by atoms with Gasteiger partial charge in [-0.3, -0.25) is 9.59 Å². The summed E-state index contributed by atoms with van der Waals surface area (Å²) < 4.78 is 1.63. The predicted molar refractivity (Wildman–Crippen MR) is 112 cm³/mol. The van der Waals surface area contributed by atoms with Crippen LogP contribution < -0.4 is 0 Å². The number of nitrogens with zero attached hydrogens (tertiary/aromatic N) is 5. The minimum absolute atomic E-state index is 0.0217. The molecular formula is C23H25N5O2. The first-order valence-electron chi connectivity index (χ1n) is 10.4. The summed E-state index contributed by atoms with van der Waals surface area (Å²) >= 11 is 0. The van der Waals surface area contributed by atoms with E-state index in [2.05, 4.69) is 34.3 Å². The molecule has 0 saturated carbocycles. The SMILES string of the molecule is CC(=O)N1C[C@@H]2CN(C(=O)c3cnn4cccnc34)C[C@]2(CCc2ccccc2)C1. The largest absolute Gasteiger partial charge is 0.342 e. The maximum absolute atomic E-state index is 13.3. The van der Waals surface area contributed by atoms with E-state index < -0.39 is 0 Å². The number of fused-ring (bicyclic) bond motifs is 2. The first kappa shape index (κ1) is 18.8. The highest BCUT2D eigenvalue weighted by Crippen LogP contribution is 2.46. The Morgan fingerprint density at radius 2 is 1.87 bits per heavy atom. The Morgan fingerprint density at radius 1 is 1.10 bits per heavy atom. The second-order valence-corrected chi connectivity index (χ2v) is 8.58. The fourth-order valence-corrected chi connectivity index (χ4v) is 5.12. The molecule has 0 N–H and O–H groups in total. The number of likely N-dealkylation sites (tertiary alicyclic amines) is 2. The highest BCUT2D eigenvalue weighted by Gasteiger charge is 2.53. The molecule has 2 saturated heterocycles. The number of aromatic nitrogens is 3. The molecule has 0 radical (unpaired) electrons. The van der Waals surface area contributed by atoms with Crippen LogP contribution in [0, 0.1) is 11.3 Å². The van der Waals surface area contributed by atoms with E-state index >= 15 is 0 Å². The molecule has 1 aromatic carbocycles. The lowest BCUT2D eigenvalue weighted by Crippen LogP contribution is -2.38. The highest BCUT2D eigenvalue weighted by molar-refractivity contribution is 5.99. The van der Waals surface area contributed by atoms with Gasteiger partial charge in [-0.05, 0) is 24.5 Å². The Bertz CT molecular complexity index is 1100. The van der Waals surface area contributed by atoms with Gasteiger partial charge in [0, 0.05) is 56.8 Å². The zero-order chi connectivity index (χ0) is 20.7. The molecule has 0 spiro atoms. The second kappa shape index (κ2) is 7.23. The number of carbonyl (C=O) groups is 2. The number of carbonyl (C=O) groups excluding carboxylic acids is 2. The zero-order valence-corrected chi connectivity index (χ0v) is 17.1. The summed E-state index contributed by atoms with van der Waals surface area (Å²) in [6.45, 7) is 4.41. The first-order valence-corrected chi connectivity index (χ1v) is 10.4. The highest BCUT2D eigenvalue weighted by atomic mass is 16.2. The third-order valence-corrected chi connectivity index (χ3v) is 6.76. The molecule has 154 valence electrons. The van der Waals surface area contributed by atoms with E-state index in [1.54, 1.807) is 36.1 Å². The Balaban J connectivity index is 1.39. The Labute approximate surface area is 175 Å². The van der Waals surface area contributed by atoms with E-state index in [1.807, 2.05) is 15.9 Å². The smallest absolute Gasteiger partial charge is 0.259 e. The number of benzene rings is 1. The lowest BCUT2D eigenvalue weighted by molar-refractivity contribution is -0.128. The molecule has 7 heteroatoms. The molecule has 2 aromatic heterocycles. The van der Waals surface area contributed by atoms with E-state index in [0.29, 0.717) is 30.2 Å². The van der Waals surface area contributed by atoms with Crippen LogP contribution in [0.5, 0.6) is 0 Å². The molecule has 7 nitrogen and oxygen atoms in total. The fourth-order valence-electron chi connectivity index (χ4n) is 5.12. The molecule has 3 aromatic rings. The number of hydrogen-bond acceptors (Lipinski definition) is 4. The molecule has 2 fully saturated rings. The lowest BCUT2D eigenvalue weighted by atomic mass is 9.76. The normalized spacial score (nSPS) is 23.2. The van der Waals surface area contributed by atoms with E-state index in [4.69, 9.17) is 0 Å². The minimum atomic E-state index is -0.0619. The second-order valence-electron chi connectivity index (χ2n) is 8.58. The van der Waals surface area contributed by atoms with Crippen LogP contribution in [0.4, 0.5) is 0 Å². The average Bonchev–Trinajstić information content (AvgIpc) is 3.43. The van der Waals surface area contributed by atoms with Gasteiger partial charge in [0.15, 0.2) is 5.65 Å². The van der Waals surface area contributed by atoms with Crippen LogP contribution in [-0.4, -0.2) is 62.4 Å². The monoisotopic (exact) mass is 403 g/mol. The van der Waals surface area contributed by atoms with Crippen LogP contribution in [0.2, 0.25) is 0 Å². The molecule has 2 amide bonds. The van der Waals surface area contributed by atoms with Crippen LogP contribution in [-0.2, 0) is 11.2 Å². The Kier molecular flexibility index (Phi) is 4.53. The Hall–Kier alpha value is -3.22. The van der Waals surface area contributed by atoms with Crippen LogP contribution in [0.3, 0.4) is 0 Å². The van der Waals surface area contributed by atoms with Crippen molar-refractivity contribution in [3.63, 3.8) is 0 Å². The molecular weight excluding hydrogens is 378 g/mol. The summed E-state index contributed by atoms with van der Waals surface area (Å²) in [7, 11) is 0. The topological polar surface area (TPSA) is 70.8 Å². The van der Waals surface area contributed by atoms with Crippen LogP contribution in [0.25, 0.3) is 5.65 Å². The van der Waals surface area contributed by atoms with E-state index in [-0.39, 0.29) is 17.2 Å². The van der Waals surface area contributed by atoms with E-state index in [0.717, 1.165) is 25.9 Å². The lowest BCUT2D eigenvalue weighted by Gasteiger charge is -2.29. The van der Waals surface area contributed by atoms with Gasteiger partial charge in [0.1, 0.15) is 5.56 Å². The number of aryl methyl sites for hydroxylation is 1. The van der Waals surface area contributed by atoms with Gasteiger partial charge in [-0.2, -0.15) is 5.10 Å². The average molecular weight is 403 g/mol. The van der Waals surface area contributed by atoms with Gasteiger partial charge < -0.3 is 9.80 Å². The molecule has 2 aliphatic rings. The quantitative estimate of drug-likeness (QED) is 0.670. The van der Waals surface area contributed by atoms with Gasteiger partial charge in [-0.1, -0.05) is 30.3 Å². The van der Waals surface area contributed by atoms with Gasteiger partial charge in [0.2, 0.25) is 5.91 Å². The zero-order valence-electron chi connectivity index (χ0n) is 17.1. The molecule has 5 rings (SSSR count). The minimum Gasteiger partial charge on any atom is -0.342 e. The number of amides is 2. The van der Waals surface area contributed by atoms with Crippen LogP contribution in [0.1, 0.15) is 29.3 Å². The summed E-state index contributed by atoms with van der Waals surface area (Å²) in [4.78, 5) is 33.6. The molecule has 0 aliphatic carbocycles. The van der Waals surface area contributed by atoms with E-state index in [1.165, 1.54) is 5.56 Å².